The number of hydrogen-bond donors (Lipinski definition) is 1. The lowest BCUT2D eigenvalue weighted by atomic mass is 10.1. The molecule has 0 bridgehead atoms. The molecule has 0 unspecified atom stereocenters. The van der Waals surface area contributed by atoms with E-state index < -0.39 is 0 Å². The minimum Gasteiger partial charge on any atom is -0.371 e. The summed E-state index contributed by atoms with van der Waals surface area (Å²) < 4.78 is 0. The van der Waals surface area contributed by atoms with Gasteiger partial charge in [0.1, 0.15) is 0 Å². The molecule has 0 atom stereocenters. The lowest BCUT2D eigenvalue weighted by Crippen LogP contribution is -2.18. The van der Waals surface area contributed by atoms with Gasteiger partial charge in [0.2, 0.25) is 0 Å². The van der Waals surface area contributed by atoms with Crippen LogP contribution < -0.4 is 4.90 Å². The number of nitrogens with zero attached hydrogens (tertiary/aromatic N) is 2. The van der Waals surface area contributed by atoms with Gasteiger partial charge in [-0.3, -0.25) is 5.10 Å². The first kappa shape index (κ1) is 9.46. The minimum absolute atomic E-state index is 1.17. The van der Waals surface area contributed by atoms with Crippen LogP contribution >= 0.6 is 0 Å². The molecule has 2 aromatic rings. The smallest absolute Gasteiger partial charge is 0.0566 e. The number of aromatic nitrogens is 2. The first-order chi connectivity index (χ1) is 7.95. The molecule has 82 valence electrons. The largest absolute Gasteiger partial charge is 0.371 e. The molecule has 0 saturated carbocycles. The Hall–Kier alpha value is -1.77. The Labute approximate surface area is 95.1 Å². The Balaban J connectivity index is 2.04. The van der Waals surface area contributed by atoms with Crippen LogP contribution in [0.3, 0.4) is 0 Å². The molecule has 1 N–H and O–H groups in total. The molecule has 1 aliphatic heterocycles. The summed E-state index contributed by atoms with van der Waals surface area (Å²) >= 11 is 0. The second-order valence-corrected chi connectivity index (χ2v) is 4.20. The van der Waals surface area contributed by atoms with Gasteiger partial charge >= 0.3 is 0 Å². The number of nitrogens with one attached hydrogen (secondary N) is 1. The van der Waals surface area contributed by atoms with E-state index in [1.807, 2.05) is 12.4 Å². The SMILES string of the molecule is c1ccc(N2CCCC2)c(-c2cn[nH]c2)c1. The molecule has 0 radical (unpaired) electrons. The maximum Gasteiger partial charge on any atom is 0.0566 e. The van der Waals surface area contributed by atoms with E-state index in [1.54, 1.807) is 0 Å². The molecular weight excluding hydrogens is 198 g/mol. The van der Waals surface area contributed by atoms with Gasteiger partial charge in [-0.2, -0.15) is 5.10 Å². The lowest BCUT2D eigenvalue weighted by molar-refractivity contribution is 0.949. The molecule has 0 amide bonds. The van der Waals surface area contributed by atoms with E-state index in [0.29, 0.717) is 0 Å². The highest BCUT2D eigenvalue weighted by molar-refractivity contribution is 5.77. The molecular formula is C13H15N3. The van der Waals surface area contributed by atoms with Gasteiger partial charge in [-0.1, -0.05) is 18.2 Å². The molecule has 16 heavy (non-hydrogen) atoms. The molecule has 0 spiro atoms. The third-order valence-corrected chi connectivity index (χ3v) is 3.16. The standard InChI is InChI=1S/C13H15N3/c1-2-6-13(16-7-3-4-8-16)12(5-1)11-9-14-15-10-11/h1-2,5-6,9-10H,3-4,7-8H2,(H,14,15). The van der Waals surface area contributed by atoms with Crippen molar-refractivity contribution < 1.29 is 0 Å². The minimum atomic E-state index is 1.17. The molecule has 2 heterocycles. The van der Waals surface area contributed by atoms with Crippen molar-refractivity contribution in [2.24, 2.45) is 0 Å². The monoisotopic (exact) mass is 213 g/mol. The third-order valence-electron chi connectivity index (χ3n) is 3.16. The first-order valence-electron chi connectivity index (χ1n) is 5.78. The normalized spacial score (nSPS) is 15.6. The van der Waals surface area contributed by atoms with Crippen molar-refractivity contribution in [1.29, 1.82) is 0 Å². The average Bonchev–Trinajstić information content (AvgIpc) is 3.03. The van der Waals surface area contributed by atoms with Crippen LogP contribution in [0.25, 0.3) is 11.1 Å². The molecule has 3 rings (SSSR count). The van der Waals surface area contributed by atoms with Crippen LogP contribution in [-0.4, -0.2) is 23.3 Å². The zero-order valence-corrected chi connectivity index (χ0v) is 9.19. The molecule has 1 fully saturated rings. The Morgan fingerprint density at radius 1 is 1.12 bits per heavy atom. The summed E-state index contributed by atoms with van der Waals surface area (Å²) in [6, 6.07) is 8.56. The van der Waals surface area contributed by atoms with Gasteiger partial charge in [0.15, 0.2) is 0 Å². The summed E-state index contributed by atoms with van der Waals surface area (Å²) in [5.41, 5.74) is 3.78. The quantitative estimate of drug-likeness (QED) is 0.831. The highest BCUT2D eigenvalue weighted by Crippen LogP contribution is 2.31. The molecule has 1 aromatic carbocycles. The van der Waals surface area contributed by atoms with Gasteiger partial charge < -0.3 is 4.90 Å². The Morgan fingerprint density at radius 3 is 2.69 bits per heavy atom. The number of para-hydroxylation sites is 1. The second-order valence-electron chi connectivity index (χ2n) is 4.20. The molecule has 3 heteroatoms. The van der Waals surface area contributed by atoms with Crippen LogP contribution in [0.15, 0.2) is 36.7 Å². The van der Waals surface area contributed by atoms with Crippen LogP contribution in [0.1, 0.15) is 12.8 Å². The second kappa shape index (κ2) is 4.00. The average molecular weight is 213 g/mol. The number of anilines is 1. The molecule has 1 saturated heterocycles. The third kappa shape index (κ3) is 1.58. The van der Waals surface area contributed by atoms with Gasteiger partial charge in [-0.25, -0.2) is 0 Å². The maximum atomic E-state index is 4.02. The van der Waals surface area contributed by atoms with Crippen molar-refractivity contribution in [3.8, 4) is 11.1 Å². The van der Waals surface area contributed by atoms with E-state index in [0.717, 1.165) is 0 Å². The summed E-state index contributed by atoms with van der Waals surface area (Å²) in [4.78, 5) is 2.46. The summed E-state index contributed by atoms with van der Waals surface area (Å²) in [6.07, 6.45) is 6.45. The molecule has 1 aromatic heterocycles. The van der Waals surface area contributed by atoms with Gasteiger partial charge in [0, 0.05) is 36.1 Å². The summed E-state index contributed by atoms with van der Waals surface area (Å²) in [6.45, 7) is 2.35. The van der Waals surface area contributed by atoms with E-state index in [9.17, 15) is 0 Å². The van der Waals surface area contributed by atoms with Gasteiger partial charge in [-0.05, 0) is 18.9 Å². The fraction of sp³-hybridized carbons (Fsp3) is 0.308. The van der Waals surface area contributed by atoms with Crippen LogP contribution in [0.2, 0.25) is 0 Å². The summed E-state index contributed by atoms with van der Waals surface area (Å²) in [7, 11) is 0. The summed E-state index contributed by atoms with van der Waals surface area (Å²) in [5, 5.41) is 6.90. The van der Waals surface area contributed by atoms with E-state index >= 15 is 0 Å². The Morgan fingerprint density at radius 2 is 1.94 bits per heavy atom. The molecule has 3 nitrogen and oxygen atoms in total. The highest BCUT2D eigenvalue weighted by Gasteiger charge is 2.16. The highest BCUT2D eigenvalue weighted by atomic mass is 15.1. The lowest BCUT2D eigenvalue weighted by Gasteiger charge is -2.20. The predicted molar refractivity (Wildman–Crippen MR) is 65.5 cm³/mol. The zero-order chi connectivity index (χ0) is 10.8. The van der Waals surface area contributed by atoms with Crippen molar-refractivity contribution in [1.82, 2.24) is 10.2 Å². The van der Waals surface area contributed by atoms with E-state index in [-0.39, 0.29) is 0 Å². The number of H-pyrrole nitrogens is 1. The number of hydrogen-bond acceptors (Lipinski definition) is 2. The van der Waals surface area contributed by atoms with Crippen LogP contribution in [-0.2, 0) is 0 Å². The predicted octanol–water partition coefficient (Wildman–Crippen LogP) is 2.68. The van der Waals surface area contributed by atoms with Crippen molar-refractivity contribution in [2.45, 2.75) is 12.8 Å². The Kier molecular flexibility index (Phi) is 2.37. The van der Waals surface area contributed by atoms with Crippen molar-refractivity contribution in [2.75, 3.05) is 18.0 Å². The molecule has 0 aliphatic carbocycles. The summed E-state index contributed by atoms with van der Waals surface area (Å²) in [5.74, 6) is 0. The fourth-order valence-electron chi connectivity index (χ4n) is 2.35. The van der Waals surface area contributed by atoms with Crippen LogP contribution in [0, 0.1) is 0 Å². The number of aromatic amines is 1. The van der Waals surface area contributed by atoms with Crippen molar-refractivity contribution >= 4 is 5.69 Å². The van der Waals surface area contributed by atoms with Gasteiger partial charge in [-0.15, -0.1) is 0 Å². The van der Waals surface area contributed by atoms with E-state index in [1.165, 1.54) is 42.7 Å². The van der Waals surface area contributed by atoms with Crippen LogP contribution in [0.5, 0.6) is 0 Å². The zero-order valence-electron chi connectivity index (χ0n) is 9.19. The maximum absolute atomic E-state index is 4.02. The van der Waals surface area contributed by atoms with Gasteiger partial charge in [0.05, 0.1) is 6.20 Å². The molecule has 1 aliphatic rings. The van der Waals surface area contributed by atoms with E-state index in [4.69, 9.17) is 0 Å². The first-order valence-corrected chi connectivity index (χ1v) is 5.78. The number of rotatable bonds is 2. The van der Waals surface area contributed by atoms with E-state index in [2.05, 4.69) is 39.4 Å². The van der Waals surface area contributed by atoms with Gasteiger partial charge in [0.25, 0.3) is 0 Å². The topological polar surface area (TPSA) is 31.9 Å². The van der Waals surface area contributed by atoms with Crippen molar-refractivity contribution in [3.05, 3.63) is 36.7 Å². The fourth-order valence-corrected chi connectivity index (χ4v) is 2.35. The Bertz CT molecular complexity index is 456. The number of benzene rings is 1. The van der Waals surface area contributed by atoms with Crippen molar-refractivity contribution in [3.63, 3.8) is 0 Å². The van der Waals surface area contributed by atoms with Crippen LogP contribution in [0.4, 0.5) is 5.69 Å².